The number of nitrogens with zero attached hydrogens (tertiary/aromatic N) is 1. The lowest BCUT2D eigenvalue weighted by molar-refractivity contribution is -0.145. The average Bonchev–Trinajstić information content (AvgIpc) is 2.35. The van der Waals surface area contributed by atoms with Crippen LogP contribution < -0.4 is 5.32 Å². The van der Waals surface area contributed by atoms with Crippen LogP contribution in [0, 0.1) is 0 Å². The molecule has 6 nitrogen and oxygen atoms in total. The molecule has 0 saturated carbocycles. The first-order chi connectivity index (χ1) is 8.06. The summed E-state index contributed by atoms with van der Waals surface area (Å²) in [7, 11) is 1.19. The molecule has 0 aliphatic carbocycles. The number of carbonyl (C=O) groups excluding carboxylic acids is 2. The highest BCUT2D eigenvalue weighted by Gasteiger charge is 2.26. The largest absolute Gasteiger partial charge is 0.467 e. The van der Waals surface area contributed by atoms with Gasteiger partial charge in [0.25, 0.3) is 5.91 Å². The molecule has 1 aromatic rings. The summed E-state index contributed by atoms with van der Waals surface area (Å²) >= 11 is 0. The molecule has 6 heteroatoms. The van der Waals surface area contributed by atoms with Gasteiger partial charge in [0.05, 0.1) is 13.2 Å². The lowest BCUT2D eigenvalue weighted by Crippen LogP contribution is -2.48. The van der Waals surface area contributed by atoms with Gasteiger partial charge in [-0.1, -0.05) is 6.07 Å². The van der Waals surface area contributed by atoms with Crippen molar-refractivity contribution in [2.75, 3.05) is 7.11 Å². The lowest BCUT2D eigenvalue weighted by Gasteiger charge is -2.18. The van der Waals surface area contributed by atoms with Crippen LogP contribution in [0.4, 0.5) is 0 Å². The van der Waals surface area contributed by atoms with E-state index in [1.54, 1.807) is 12.1 Å². The Bertz CT molecular complexity index is 392. The van der Waals surface area contributed by atoms with Gasteiger partial charge in [-0.2, -0.15) is 0 Å². The third-order valence-electron chi connectivity index (χ3n) is 2.12. The van der Waals surface area contributed by atoms with Crippen LogP contribution in [0.25, 0.3) is 0 Å². The number of ether oxygens (including phenoxy) is 1. The van der Waals surface area contributed by atoms with Crippen LogP contribution in [0.5, 0.6) is 0 Å². The quantitative estimate of drug-likeness (QED) is 0.705. The second kappa shape index (κ2) is 5.95. The van der Waals surface area contributed by atoms with Crippen LogP contribution in [0.1, 0.15) is 17.4 Å². The molecule has 0 unspecified atom stereocenters. The zero-order valence-electron chi connectivity index (χ0n) is 9.58. The topological polar surface area (TPSA) is 88.5 Å². The van der Waals surface area contributed by atoms with Crippen molar-refractivity contribution in [1.82, 2.24) is 10.3 Å². The number of aliphatic hydroxyl groups excluding tert-OH is 1. The van der Waals surface area contributed by atoms with Crippen molar-refractivity contribution in [2.24, 2.45) is 0 Å². The number of methoxy groups -OCH3 is 1. The average molecular weight is 238 g/mol. The summed E-state index contributed by atoms with van der Waals surface area (Å²) in [6, 6.07) is 3.72. The van der Waals surface area contributed by atoms with Crippen LogP contribution in [0.3, 0.4) is 0 Å². The summed E-state index contributed by atoms with van der Waals surface area (Å²) in [5.41, 5.74) is 0.169. The third kappa shape index (κ3) is 3.53. The van der Waals surface area contributed by atoms with Crippen molar-refractivity contribution >= 4 is 11.9 Å². The van der Waals surface area contributed by atoms with Crippen LogP contribution >= 0.6 is 0 Å². The molecule has 0 aliphatic rings. The summed E-state index contributed by atoms with van der Waals surface area (Å²) in [6.45, 7) is 1.39. The van der Waals surface area contributed by atoms with Crippen LogP contribution in [-0.4, -0.2) is 41.2 Å². The van der Waals surface area contributed by atoms with Crippen LogP contribution in [0.2, 0.25) is 0 Å². The maximum atomic E-state index is 11.7. The smallest absolute Gasteiger partial charge is 0.331 e. The predicted molar refractivity (Wildman–Crippen MR) is 59.2 cm³/mol. The molecule has 0 spiro atoms. The monoisotopic (exact) mass is 238 g/mol. The van der Waals surface area contributed by atoms with Crippen molar-refractivity contribution < 1.29 is 19.4 Å². The fourth-order valence-corrected chi connectivity index (χ4v) is 1.22. The highest BCUT2D eigenvalue weighted by molar-refractivity contribution is 5.95. The number of rotatable bonds is 4. The third-order valence-corrected chi connectivity index (χ3v) is 2.12. The fraction of sp³-hybridized carbons (Fsp3) is 0.364. The van der Waals surface area contributed by atoms with Crippen molar-refractivity contribution in [3.8, 4) is 0 Å². The predicted octanol–water partition coefficient (Wildman–Crippen LogP) is -0.266. The Labute approximate surface area is 98.6 Å². The Hall–Kier alpha value is -1.95. The maximum Gasteiger partial charge on any atom is 0.331 e. The minimum absolute atomic E-state index is 0.169. The first kappa shape index (κ1) is 13.1. The zero-order chi connectivity index (χ0) is 12.8. The Morgan fingerprint density at radius 3 is 2.65 bits per heavy atom. The number of hydrogen-bond acceptors (Lipinski definition) is 5. The minimum atomic E-state index is -1.10. The van der Waals surface area contributed by atoms with Gasteiger partial charge in [0, 0.05) is 6.20 Å². The Morgan fingerprint density at radius 1 is 1.47 bits per heavy atom. The highest BCUT2D eigenvalue weighted by atomic mass is 16.5. The number of hydrogen-bond donors (Lipinski definition) is 2. The standard InChI is InChI=1S/C11H14N2O4/c1-7(14)9(11(16)17-2)13-10(15)8-5-3-4-6-12-8/h3-7,9,14H,1-2H3,(H,13,15)/t7-,9+/m1/s1. The molecule has 1 aromatic heterocycles. The molecule has 0 aromatic carbocycles. The van der Waals surface area contributed by atoms with Gasteiger partial charge in [0.1, 0.15) is 5.69 Å². The van der Waals surface area contributed by atoms with E-state index in [1.807, 2.05) is 0 Å². The van der Waals surface area contributed by atoms with E-state index in [0.717, 1.165) is 0 Å². The normalized spacial score (nSPS) is 13.6. The van der Waals surface area contributed by atoms with Crippen molar-refractivity contribution in [2.45, 2.75) is 19.1 Å². The van der Waals surface area contributed by atoms with Gasteiger partial charge in [-0.3, -0.25) is 9.78 Å². The van der Waals surface area contributed by atoms with Crippen LogP contribution in [0.15, 0.2) is 24.4 Å². The number of nitrogens with one attached hydrogen (secondary N) is 1. The molecule has 1 heterocycles. The van der Waals surface area contributed by atoms with Gasteiger partial charge < -0.3 is 15.2 Å². The molecule has 1 rings (SSSR count). The van der Waals surface area contributed by atoms with Gasteiger partial charge in [-0.05, 0) is 19.1 Å². The first-order valence-corrected chi connectivity index (χ1v) is 5.04. The summed E-state index contributed by atoms with van der Waals surface area (Å²) < 4.78 is 4.48. The highest BCUT2D eigenvalue weighted by Crippen LogP contribution is 1.99. The second-order valence-electron chi connectivity index (χ2n) is 3.43. The van der Waals surface area contributed by atoms with E-state index in [4.69, 9.17) is 0 Å². The van der Waals surface area contributed by atoms with E-state index in [9.17, 15) is 14.7 Å². The molecule has 0 bridgehead atoms. The Morgan fingerprint density at radius 2 is 2.18 bits per heavy atom. The second-order valence-corrected chi connectivity index (χ2v) is 3.43. The summed E-state index contributed by atoms with van der Waals surface area (Å²) in [5, 5.41) is 11.7. The van der Waals surface area contributed by atoms with Gasteiger partial charge >= 0.3 is 5.97 Å². The van der Waals surface area contributed by atoms with E-state index in [0.29, 0.717) is 0 Å². The maximum absolute atomic E-state index is 11.7. The Balaban J connectivity index is 2.75. The van der Waals surface area contributed by atoms with Gasteiger partial charge in [-0.25, -0.2) is 4.79 Å². The van der Waals surface area contributed by atoms with Gasteiger partial charge in [0.15, 0.2) is 6.04 Å². The molecule has 17 heavy (non-hydrogen) atoms. The van der Waals surface area contributed by atoms with Crippen molar-refractivity contribution in [1.29, 1.82) is 0 Å². The van der Waals surface area contributed by atoms with E-state index >= 15 is 0 Å². The van der Waals surface area contributed by atoms with E-state index < -0.39 is 24.0 Å². The number of aliphatic hydroxyl groups is 1. The molecular formula is C11H14N2O4. The van der Waals surface area contributed by atoms with E-state index in [1.165, 1.54) is 26.3 Å². The fourth-order valence-electron chi connectivity index (χ4n) is 1.22. The summed E-state index contributed by atoms with van der Waals surface area (Å²) in [6.07, 6.45) is 0.417. The molecule has 0 fully saturated rings. The lowest BCUT2D eigenvalue weighted by atomic mass is 10.2. The molecule has 2 atom stereocenters. The SMILES string of the molecule is COC(=O)[C@@H](NC(=O)c1ccccn1)[C@@H](C)O. The molecular weight excluding hydrogens is 224 g/mol. The van der Waals surface area contributed by atoms with Crippen molar-refractivity contribution in [3.05, 3.63) is 30.1 Å². The Kier molecular flexibility index (Phi) is 4.59. The summed E-state index contributed by atoms with van der Waals surface area (Å²) in [4.78, 5) is 26.8. The number of esters is 1. The van der Waals surface area contributed by atoms with Gasteiger partial charge in [0.2, 0.25) is 0 Å². The zero-order valence-corrected chi connectivity index (χ0v) is 9.58. The molecule has 0 radical (unpaired) electrons. The number of amides is 1. The summed E-state index contributed by atoms with van der Waals surface area (Å²) in [5.74, 6) is -1.24. The van der Waals surface area contributed by atoms with Crippen LogP contribution in [-0.2, 0) is 9.53 Å². The molecule has 1 amide bonds. The number of aromatic nitrogens is 1. The van der Waals surface area contributed by atoms with Gasteiger partial charge in [-0.15, -0.1) is 0 Å². The first-order valence-electron chi connectivity index (χ1n) is 5.04. The van der Waals surface area contributed by atoms with Crippen molar-refractivity contribution in [3.63, 3.8) is 0 Å². The molecule has 0 saturated heterocycles. The molecule has 0 aliphatic heterocycles. The number of carbonyl (C=O) groups is 2. The van der Waals surface area contributed by atoms with E-state index in [-0.39, 0.29) is 5.69 Å². The minimum Gasteiger partial charge on any atom is -0.467 e. The molecule has 92 valence electrons. The van der Waals surface area contributed by atoms with E-state index in [2.05, 4.69) is 15.0 Å². The number of pyridine rings is 1. The molecule has 2 N–H and O–H groups in total.